The van der Waals surface area contributed by atoms with Gasteiger partial charge in [-0.05, 0) is 43.2 Å². The van der Waals surface area contributed by atoms with Crippen LogP contribution < -0.4 is 21.1 Å². The van der Waals surface area contributed by atoms with Crippen LogP contribution in [0, 0.1) is 6.92 Å². The van der Waals surface area contributed by atoms with Crippen LogP contribution in [0.15, 0.2) is 48.5 Å². The second-order valence-electron chi connectivity index (χ2n) is 6.33. The standard InChI is InChI=1S/C21H27N3O3.ClH/c1-16-4-10-19(11-5-16)27-14-2-3-21(26)24-18-8-6-17(7-9-18)15-23-20(25)12-13-22;/h4-11H,2-3,12-15,22H2,1H3,(H,23,25)(H,24,26);1H. The van der Waals surface area contributed by atoms with Crippen LogP contribution in [0.1, 0.15) is 30.4 Å². The van der Waals surface area contributed by atoms with E-state index in [0.717, 1.165) is 17.0 Å². The summed E-state index contributed by atoms with van der Waals surface area (Å²) in [5.74, 6) is 0.699. The lowest BCUT2D eigenvalue weighted by Crippen LogP contribution is -2.24. The third-order valence-corrected chi connectivity index (χ3v) is 3.94. The second-order valence-corrected chi connectivity index (χ2v) is 6.33. The van der Waals surface area contributed by atoms with Crippen molar-refractivity contribution in [1.29, 1.82) is 0 Å². The van der Waals surface area contributed by atoms with Gasteiger partial charge < -0.3 is 21.1 Å². The van der Waals surface area contributed by atoms with E-state index in [1.807, 2.05) is 55.5 Å². The van der Waals surface area contributed by atoms with Crippen molar-refractivity contribution in [2.75, 3.05) is 18.5 Å². The van der Waals surface area contributed by atoms with Gasteiger partial charge in [-0.25, -0.2) is 0 Å². The molecule has 0 radical (unpaired) electrons. The van der Waals surface area contributed by atoms with E-state index in [1.54, 1.807) is 0 Å². The number of benzene rings is 2. The molecule has 2 amide bonds. The number of anilines is 1. The van der Waals surface area contributed by atoms with Gasteiger partial charge in [-0.2, -0.15) is 0 Å². The van der Waals surface area contributed by atoms with Crippen LogP contribution in [0.3, 0.4) is 0 Å². The van der Waals surface area contributed by atoms with Gasteiger partial charge in [-0.15, -0.1) is 12.4 Å². The van der Waals surface area contributed by atoms with Crippen molar-refractivity contribution in [1.82, 2.24) is 5.32 Å². The molecule has 0 spiro atoms. The Morgan fingerprint density at radius 2 is 1.64 bits per heavy atom. The number of ether oxygens (including phenoxy) is 1. The topological polar surface area (TPSA) is 93.5 Å². The van der Waals surface area contributed by atoms with Crippen LogP contribution in [-0.4, -0.2) is 25.0 Å². The molecule has 0 unspecified atom stereocenters. The average Bonchev–Trinajstić information content (AvgIpc) is 2.66. The van der Waals surface area contributed by atoms with Gasteiger partial charge in [0, 0.05) is 31.6 Å². The van der Waals surface area contributed by atoms with E-state index >= 15 is 0 Å². The van der Waals surface area contributed by atoms with Gasteiger partial charge in [0.15, 0.2) is 0 Å². The van der Waals surface area contributed by atoms with E-state index in [4.69, 9.17) is 10.5 Å². The fourth-order valence-corrected chi connectivity index (χ4v) is 2.41. The van der Waals surface area contributed by atoms with Crippen molar-refractivity contribution in [2.45, 2.75) is 32.7 Å². The molecule has 0 aliphatic rings. The molecule has 0 saturated carbocycles. The lowest BCUT2D eigenvalue weighted by molar-refractivity contribution is -0.121. The number of hydrogen-bond donors (Lipinski definition) is 3. The molecule has 0 aliphatic heterocycles. The molecular weight excluding hydrogens is 378 g/mol. The fraction of sp³-hybridized carbons (Fsp3) is 0.333. The fourth-order valence-electron chi connectivity index (χ4n) is 2.41. The van der Waals surface area contributed by atoms with Crippen LogP contribution in [0.25, 0.3) is 0 Å². The molecule has 2 rings (SSSR count). The molecule has 152 valence electrons. The Balaban J connectivity index is 0.00000392. The molecule has 0 fully saturated rings. The summed E-state index contributed by atoms with van der Waals surface area (Å²) in [5, 5.41) is 5.65. The minimum Gasteiger partial charge on any atom is -0.494 e. The van der Waals surface area contributed by atoms with Gasteiger partial charge in [-0.1, -0.05) is 29.8 Å². The van der Waals surface area contributed by atoms with Gasteiger partial charge in [0.05, 0.1) is 6.61 Å². The molecule has 0 atom stereocenters. The summed E-state index contributed by atoms with van der Waals surface area (Å²) in [6, 6.07) is 15.2. The number of nitrogens with one attached hydrogen (secondary N) is 2. The normalized spacial score (nSPS) is 9.93. The molecule has 0 heterocycles. The summed E-state index contributed by atoms with van der Waals surface area (Å²) >= 11 is 0. The van der Waals surface area contributed by atoms with Crippen molar-refractivity contribution in [3.63, 3.8) is 0 Å². The maximum Gasteiger partial charge on any atom is 0.224 e. The molecule has 7 heteroatoms. The molecule has 2 aromatic carbocycles. The first-order valence-corrected chi connectivity index (χ1v) is 9.12. The van der Waals surface area contributed by atoms with E-state index in [9.17, 15) is 9.59 Å². The minimum atomic E-state index is -0.0669. The summed E-state index contributed by atoms with van der Waals surface area (Å²) in [5.41, 5.74) is 8.22. The number of halogens is 1. The number of aryl methyl sites for hydroxylation is 1. The zero-order valence-electron chi connectivity index (χ0n) is 16.1. The summed E-state index contributed by atoms with van der Waals surface area (Å²) in [7, 11) is 0. The van der Waals surface area contributed by atoms with E-state index in [0.29, 0.717) is 39.0 Å². The van der Waals surface area contributed by atoms with E-state index in [1.165, 1.54) is 5.56 Å². The number of hydrogen-bond acceptors (Lipinski definition) is 4. The molecule has 0 aromatic heterocycles. The third-order valence-electron chi connectivity index (χ3n) is 3.94. The second kappa shape index (κ2) is 12.8. The number of carbonyl (C=O) groups excluding carboxylic acids is 2. The van der Waals surface area contributed by atoms with Crippen LogP contribution >= 0.6 is 12.4 Å². The first-order valence-electron chi connectivity index (χ1n) is 9.12. The van der Waals surface area contributed by atoms with Crippen LogP contribution in [0.5, 0.6) is 5.75 Å². The van der Waals surface area contributed by atoms with Crippen molar-refractivity contribution >= 4 is 29.9 Å². The zero-order valence-corrected chi connectivity index (χ0v) is 16.9. The van der Waals surface area contributed by atoms with Gasteiger partial charge in [-0.3, -0.25) is 9.59 Å². The molecule has 2 aromatic rings. The Bertz CT molecular complexity index is 734. The summed E-state index contributed by atoms with van der Waals surface area (Å²) in [4.78, 5) is 23.4. The lowest BCUT2D eigenvalue weighted by atomic mass is 10.2. The minimum absolute atomic E-state index is 0. The van der Waals surface area contributed by atoms with Gasteiger partial charge in [0.25, 0.3) is 0 Å². The molecule has 0 saturated heterocycles. The first kappa shape index (κ1) is 23.5. The Morgan fingerprint density at radius 1 is 0.964 bits per heavy atom. The molecule has 28 heavy (non-hydrogen) atoms. The highest BCUT2D eigenvalue weighted by Gasteiger charge is 2.04. The molecule has 0 bridgehead atoms. The average molecular weight is 406 g/mol. The summed E-state index contributed by atoms with van der Waals surface area (Å²) in [6.45, 7) is 3.31. The van der Waals surface area contributed by atoms with Crippen molar-refractivity contribution in [3.05, 3.63) is 59.7 Å². The molecule has 4 N–H and O–H groups in total. The maximum absolute atomic E-state index is 12.0. The third kappa shape index (κ3) is 8.88. The Kier molecular flexibility index (Phi) is 10.7. The molecule has 6 nitrogen and oxygen atoms in total. The van der Waals surface area contributed by atoms with Crippen LogP contribution in [0.4, 0.5) is 5.69 Å². The van der Waals surface area contributed by atoms with E-state index < -0.39 is 0 Å². The lowest BCUT2D eigenvalue weighted by Gasteiger charge is -2.09. The number of carbonyl (C=O) groups is 2. The van der Waals surface area contributed by atoms with Crippen LogP contribution in [-0.2, 0) is 16.1 Å². The molecule has 0 aliphatic carbocycles. The monoisotopic (exact) mass is 405 g/mol. The zero-order chi connectivity index (χ0) is 19.5. The van der Waals surface area contributed by atoms with Crippen molar-refractivity contribution in [2.24, 2.45) is 5.73 Å². The van der Waals surface area contributed by atoms with Crippen LogP contribution in [0.2, 0.25) is 0 Å². The highest BCUT2D eigenvalue weighted by Crippen LogP contribution is 2.13. The van der Waals surface area contributed by atoms with E-state index in [-0.39, 0.29) is 24.2 Å². The van der Waals surface area contributed by atoms with E-state index in [2.05, 4.69) is 10.6 Å². The Morgan fingerprint density at radius 3 is 2.29 bits per heavy atom. The van der Waals surface area contributed by atoms with Gasteiger partial charge in [0.2, 0.25) is 11.8 Å². The highest BCUT2D eigenvalue weighted by atomic mass is 35.5. The SMILES string of the molecule is Cc1ccc(OCCCC(=O)Nc2ccc(CNC(=O)CCN)cc2)cc1.Cl. The van der Waals surface area contributed by atoms with Gasteiger partial charge in [0.1, 0.15) is 5.75 Å². The van der Waals surface area contributed by atoms with Crippen molar-refractivity contribution < 1.29 is 14.3 Å². The number of rotatable bonds is 10. The quantitative estimate of drug-likeness (QED) is 0.529. The number of amides is 2. The Labute approximate surface area is 172 Å². The smallest absolute Gasteiger partial charge is 0.224 e. The first-order chi connectivity index (χ1) is 13.1. The number of nitrogens with two attached hydrogens (primary N) is 1. The summed E-state index contributed by atoms with van der Waals surface area (Å²) in [6.07, 6.45) is 1.36. The maximum atomic E-state index is 12.0. The summed E-state index contributed by atoms with van der Waals surface area (Å²) < 4.78 is 5.62. The molecular formula is C21H28ClN3O3. The van der Waals surface area contributed by atoms with Gasteiger partial charge >= 0.3 is 0 Å². The van der Waals surface area contributed by atoms with Crippen molar-refractivity contribution in [3.8, 4) is 5.75 Å². The highest BCUT2D eigenvalue weighted by molar-refractivity contribution is 5.90. The predicted octanol–water partition coefficient (Wildman–Crippen LogP) is 3.18. The Hall–Kier alpha value is -2.57. The largest absolute Gasteiger partial charge is 0.494 e. The predicted molar refractivity (Wildman–Crippen MR) is 114 cm³/mol.